The second-order valence-corrected chi connectivity index (χ2v) is 19.8. The van der Waals surface area contributed by atoms with E-state index in [1.807, 2.05) is 0 Å². The van der Waals surface area contributed by atoms with Gasteiger partial charge in [-0.05, 0) is 111 Å². The van der Waals surface area contributed by atoms with E-state index >= 15 is 0 Å². The van der Waals surface area contributed by atoms with Gasteiger partial charge < -0.3 is 46.4 Å². The van der Waals surface area contributed by atoms with Crippen molar-refractivity contribution >= 4 is 41.7 Å². The summed E-state index contributed by atoms with van der Waals surface area (Å²) in [6, 6.07) is -0.00458. The molecule has 2 amide bonds. The molecule has 4 aliphatic carbocycles. The molecule has 4 saturated carbocycles. The monoisotopic (exact) mass is 910 g/mol. The molecule has 0 aromatic rings. The number of unbranched alkanes of at least 4 members (excludes halogenated alkanes) is 2. The second kappa shape index (κ2) is 24.0. The van der Waals surface area contributed by atoms with Gasteiger partial charge in [0.1, 0.15) is 0 Å². The first-order chi connectivity index (χ1) is 30.1. The third-order valence-electron chi connectivity index (χ3n) is 15.6. The van der Waals surface area contributed by atoms with E-state index in [0.29, 0.717) is 51.5 Å². The van der Waals surface area contributed by atoms with Gasteiger partial charge in [0, 0.05) is 51.6 Å². The molecule has 0 radical (unpaired) electrons. The average molecular weight is 910 g/mol. The quantitative estimate of drug-likeness (QED) is 0.0532. The van der Waals surface area contributed by atoms with Crippen LogP contribution in [0.25, 0.3) is 0 Å². The average Bonchev–Trinajstić information content (AvgIpc) is 3.19. The third-order valence-corrected chi connectivity index (χ3v) is 15.6. The fourth-order valence-electron chi connectivity index (χ4n) is 12.4. The van der Waals surface area contributed by atoms with Crippen LogP contribution < -0.4 is 10.6 Å². The Morgan fingerprint density at radius 2 is 1.22 bits per heavy atom. The van der Waals surface area contributed by atoms with E-state index in [9.17, 15) is 59.1 Å². The van der Waals surface area contributed by atoms with Crippen molar-refractivity contribution in [2.24, 2.45) is 46.3 Å². The number of fused-ring (bicyclic) bond motifs is 5. The molecule has 4 rings (SSSR count). The van der Waals surface area contributed by atoms with Gasteiger partial charge >= 0.3 is 29.8 Å². The van der Waals surface area contributed by atoms with Gasteiger partial charge in [-0.3, -0.25) is 48.3 Å². The summed E-state index contributed by atoms with van der Waals surface area (Å²) < 4.78 is 0. The predicted octanol–water partition coefficient (Wildman–Crippen LogP) is 1.88. The molecule has 64 heavy (non-hydrogen) atoms. The lowest BCUT2D eigenvalue weighted by molar-refractivity contribution is -0.228. The minimum absolute atomic E-state index is 0.00310. The van der Waals surface area contributed by atoms with E-state index in [4.69, 9.17) is 10.2 Å². The Labute approximate surface area is 376 Å². The van der Waals surface area contributed by atoms with Crippen molar-refractivity contribution in [1.82, 2.24) is 25.3 Å². The molecule has 0 saturated heterocycles. The summed E-state index contributed by atoms with van der Waals surface area (Å²) >= 11 is 0. The minimum atomic E-state index is -1.24. The van der Waals surface area contributed by atoms with Crippen molar-refractivity contribution in [3.05, 3.63) is 0 Å². The maximum Gasteiger partial charge on any atom is 0.317 e. The van der Waals surface area contributed by atoms with Gasteiger partial charge in [0.05, 0.1) is 44.9 Å². The zero-order valence-electron chi connectivity index (χ0n) is 38.0. The van der Waals surface area contributed by atoms with Crippen LogP contribution >= 0.6 is 0 Å². The summed E-state index contributed by atoms with van der Waals surface area (Å²) in [5.41, 5.74) is -0.439. The van der Waals surface area contributed by atoms with Crippen molar-refractivity contribution in [2.45, 2.75) is 129 Å². The molecule has 0 bridgehead atoms. The highest BCUT2D eigenvalue weighted by Gasteiger charge is 2.64. The number of amides is 2. The first-order valence-corrected chi connectivity index (χ1v) is 23.3. The standard InChI is InChI=1S/C45H75N5O14/c1-28(11-12-38(55)56)31-8-7-9-32-43-33(22-35(52)45(31,32)3)44(2)14-13-30(20-29(44)21-34(43)51)47-36(53)10-5-4-6-15-46-37(54)23-49(25-40(59)60)18-16-48(24-39(57)58)17-19-50(26-41(61)62)27-42(63)64/h28-35,43,51-52H,4-27H2,1-3H3,(H,46,54)(H,47,53)(H,55,56)(H,57,58)(H,59,60)(H,61,62)(H,63,64)/t28?,29-,30-,31+,32?,33?,34+,35-,43?,44-,45+/m0/s1. The molecule has 0 aliphatic heterocycles. The molecule has 4 unspecified atom stereocenters. The zero-order valence-corrected chi connectivity index (χ0v) is 38.0. The molecule has 0 heterocycles. The number of nitrogens with one attached hydrogen (secondary N) is 2. The predicted molar refractivity (Wildman–Crippen MR) is 232 cm³/mol. The van der Waals surface area contributed by atoms with Crippen LogP contribution in [0.15, 0.2) is 0 Å². The van der Waals surface area contributed by atoms with E-state index in [0.717, 1.165) is 43.4 Å². The third kappa shape index (κ3) is 14.5. The summed E-state index contributed by atoms with van der Waals surface area (Å²) in [7, 11) is 0. The van der Waals surface area contributed by atoms with Gasteiger partial charge in [-0.15, -0.1) is 0 Å². The van der Waals surface area contributed by atoms with E-state index in [1.165, 1.54) is 9.80 Å². The summed E-state index contributed by atoms with van der Waals surface area (Å²) in [4.78, 5) is 86.4. The van der Waals surface area contributed by atoms with Gasteiger partial charge in [-0.2, -0.15) is 0 Å². The maximum absolute atomic E-state index is 13.1. The van der Waals surface area contributed by atoms with Gasteiger partial charge in [-0.1, -0.05) is 33.6 Å². The highest BCUT2D eigenvalue weighted by atomic mass is 16.4. The van der Waals surface area contributed by atoms with Crippen molar-refractivity contribution in [2.75, 3.05) is 65.4 Å². The number of aliphatic hydroxyl groups is 2. The number of carbonyl (C=O) groups is 7. The Bertz CT molecular complexity index is 1620. The van der Waals surface area contributed by atoms with Crippen molar-refractivity contribution < 1.29 is 69.3 Å². The minimum Gasteiger partial charge on any atom is -0.481 e. The molecule has 364 valence electrons. The number of hydrogen-bond acceptors (Lipinski definition) is 12. The van der Waals surface area contributed by atoms with E-state index in [1.54, 1.807) is 0 Å². The molecule has 4 fully saturated rings. The molecule has 19 nitrogen and oxygen atoms in total. The van der Waals surface area contributed by atoms with Crippen LogP contribution in [0.2, 0.25) is 0 Å². The van der Waals surface area contributed by atoms with Crippen LogP contribution in [0.3, 0.4) is 0 Å². The van der Waals surface area contributed by atoms with Gasteiger partial charge in [0.2, 0.25) is 11.8 Å². The number of aliphatic carboxylic acids is 5. The van der Waals surface area contributed by atoms with Crippen LogP contribution in [-0.4, -0.2) is 176 Å². The Balaban J connectivity index is 1.19. The van der Waals surface area contributed by atoms with Gasteiger partial charge in [0.15, 0.2) is 0 Å². The molecule has 9 N–H and O–H groups in total. The number of rotatable bonds is 27. The van der Waals surface area contributed by atoms with Crippen molar-refractivity contribution in [3.8, 4) is 0 Å². The van der Waals surface area contributed by atoms with Crippen LogP contribution in [0, 0.1) is 46.3 Å². The molecular weight excluding hydrogens is 835 g/mol. The van der Waals surface area contributed by atoms with Gasteiger partial charge in [0.25, 0.3) is 0 Å². The van der Waals surface area contributed by atoms with Crippen molar-refractivity contribution in [1.29, 1.82) is 0 Å². The Hall–Kier alpha value is -3.91. The number of carboxylic acid groups (broad SMARTS) is 5. The SMILES string of the molecule is CC(CCC(=O)O)[C@H]1CCCC2C3C(C[C@H](O)[C@@]21C)[C@@]1(C)CC[C@H](NC(=O)CCCCCNC(=O)CN(CCN(CCN(CC(=O)O)CC(=O)O)CC(=O)O)CC(=O)O)C[C@H]1C[C@H]3O. The fraction of sp³-hybridized carbons (Fsp3) is 0.844. The van der Waals surface area contributed by atoms with Gasteiger partial charge in [-0.25, -0.2) is 0 Å². The summed E-state index contributed by atoms with van der Waals surface area (Å²) in [6.45, 7) is 4.60. The fourth-order valence-corrected chi connectivity index (χ4v) is 12.4. The Morgan fingerprint density at radius 1 is 0.641 bits per heavy atom. The molecular formula is C45H75N5O14. The van der Waals surface area contributed by atoms with Crippen LogP contribution in [0.1, 0.15) is 111 Å². The number of carbonyl (C=O) groups excluding carboxylic acids is 2. The molecule has 19 heteroatoms. The van der Waals surface area contributed by atoms with E-state index in [2.05, 4.69) is 31.4 Å². The molecule has 4 aliphatic rings. The lowest BCUT2D eigenvalue weighted by Gasteiger charge is -2.66. The molecule has 0 aromatic carbocycles. The second-order valence-electron chi connectivity index (χ2n) is 19.8. The maximum atomic E-state index is 13.1. The molecule has 11 atom stereocenters. The number of nitrogens with zero attached hydrogens (tertiary/aromatic N) is 3. The first-order valence-electron chi connectivity index (χ1n) is 23.3. The Morgan fingerprint density at radius 3 is 1.81 bits per heavy atom. The van der Waals surface area contributed by atoms with Crippen molar-refractivity contribution in [3.63, 3.8) is 0 Å². The smallest absolute Gasteiger partial charge is 0.317 e. The van der Waals surface area contributed by atoms with E-state index < -0.39 is 74.1 Å². The highest BCUT2D eigenvalue weighted by Crippen LogP contribution is 2.67. The molecule has 0 spiro atoms. The van der Waals surface area contributed by atoms with Crippen LogP contribution in [0.5, 0.6) is 0 Å². The summed E-state index contributed by atoms with van der Waals surface area (Å²) in [5, 5.41) is 76.1. The zero-order chi connectivity index (χ0) is 47.4. The number of aliphatic hydroxyl groups excluding tert-OH is 2. The Kier molecular flexibility index (Phi) is 19.8. The summed E-state index contributed by atoms with van der Waals surface area (Å²) in [5.74, 6) is -5.13. The highest BCUT2D eigenvalue weighted by molar-refractivity contribution is 5.79. The lowest BCUT2D eigenvalue weighted by atomic mass is 9.39. The number of carboxylic acids is 5. The topological polar surface area (TPSA) is 295 Å². The van der Waals surface area contributed by atoms with Crippen LogP contribution in [-0.2, 0) is 33.6 Å². The number of hydrogen-bond donors (Lipinski definition) is 9. The molecule has 0 aromatic heterocycles. The summed E-state index contributed by atoms with van der Waals surface area (Å²) in [6.07, 6.45) is 8.60. The normalized spacial score (nSPS) is 30.4. The largest absolute Gasteiger partial charge is 0.481 e. The lowest BCUT2D eigenvalue weighted by Crippen LogP contribution is -2.65. The van der Waals surface area contributed by atoms with Crippen LogP contribution in [0.4, 0.5) is 0 Å². The first kappa shape index (κ1) is 52.7. The van der Waals surface area contributed by atoms with E-state index in [-0.39, 0.29) is 97.4 Å².